The van der Waals surface area contributed by atoms with Crippen molar-refractivity contribution in [2.75, 3.05) is 0 Å². The summed E-state index contributed by atoms with van der Waals surface area (Å²) in [7, 11) is 0. The van der Waals surface area contributed by atoms with Gasteiger partial charge in [0.2, 0.25) is 0 Å². The summed E-state index contributed by atoms with van der Waals surface area (Å²) in [5.74, 6) is 1.54. The van der Waals surface area contributed by atoms with Gasteiger partial charge in [0.05, 0.1) is 17.0 Å². The maximum absolute atomic E-state index is 9.90. The summed E-state index contributed by atoms with van der Waals surface area (Å²) in [4.78, 5) is 5.00. The number of nitriles is 1. The third-order valence-electron chi connectivity index (χ3n) is 5.45. The van der Waals surface area contributed by atoms with Crippen molar-refractivity contribution in [2.24, 2.45) is 0 Å². The summed E-state index contributed by atoms with van der Waals surface area (Å²) in [5, 5.41) is 14.8. The molecule has 0 radical (unpaired) electrons. The van der Waals surface area contributed by atoms with Crippen LogP contribution in [-0.4, -0.2) is 10.1 Å². The fourth-order valence-electron chi connectivity index (χ4n) is 3.81. The van der Waals surface area contributed by atoms with Gasteiger partial charge in [-0.1, -0.05) is 35.0 Å². The van der Waals surface area contributed by atoms with Crippen LogP contribution in [0.4, 0.5) is 0 Å². The molecule has 0 bridgehead atoms. The zero-order chi connectivity index (χ0) is 19.7. The Morgan fingerprint density at radius 1 is 1.07 bits per heavy atom. The lowest BCUT2D eigenvalue weighted by molar-refractivity contribution is 0.392. The van der Waals surface area contributed by atoms with Gasteiger partial charge in [-0.2, -0.15) is 5.26 Å². The van der Waals surface area contributed by atoms with Gasteiger partial charge < -0.3 is 4.52 Å². The first-order valence-corrected chi connectivity index (χ1v) is 10.6. The zero-order valence-corrected chi connectivity index (χ0v) is 17.3. The molecule has 0 aliphatic heterocycles. The minimum atomic E-state index is 0.703. The van der Waals surface area contributed by atoms with Gasteiger partial charge in [0.15, 0.2) is 0 Å². The topological polar surface area (TPSA) is 62.7 Å². The molecule has 2 heterocycles. The van der Waals surface area contributed by atoms with E-state index in [-0.39, 0.29) is 0 Å². The summed E-state index contributed by atoms with van der Waals surface area (Å²) in [6, 6.07) is 11.0. The lowest BCUT2D eigenvalue weighted by atomic mass is 9.86. The molecule has 1 aliphatic carbocycles. The second-order valence-corrected chi connectivity index (χ2v) is 8.34. The number of thioether (sulfide) groups is 1. The normalized spacial score (nSPS) is 13.2. The van der Waals surface area contributed by atoms with E-state index in [0.717, 1.165) is 64.5 Å². The molecular formula is C23H23N3OS. The van der Waals surface area contributed by atoms with Gasteiger partial charge in [-0.05, 0) is 57.6 Å². The lowest BCUT2D eigenvalue weighted by Gasteiger charge is -2.22. The van der Waals surface area contributed by atoms with Gasteiger partial charge in [0.1, 0.15) is 16.9 Å². The molecule has 2 aromatic heterocycles. The Labute approximate surface area is 170 Å². The Kier molecular flexibility index (Phi) is 5.23. The van der Waals surface area contributed by atoms with Crippen molar-refractivity contribution < 1.29 is 4.52 Å². The number of benzene rings is 1. The average molecular weight is 390 g/mol. The number of fused-ring (bicyclic) bond motifs is 1. The molecule has 3 aromatic rings. The van der Waals surface area contributed by atoms with E-state index >= 15 is 0 Å². The first kappa shape index (κ1) is 18.8. The second kappa shape index (κ2) is 7.81. The fourth-order valence-corrected chi connectivity index (χ4v) is 4.98. The van der Waals surface area contributed by atoms with Crippen LogP contribution >= 0.6 is 11.8 Å². The van der Waals surface area contributed by atoms with Crippen molar-refractivity contribution in [3.63, 3.8) is 0 Å². The molecule has 0 saturated carbocycles. The monoisotopic (exact) mass is 389 g/mol. The molecule has 142 valence electrons. The Morgan fingerprint density at radius 2 is 1.79 bits per heavy atom. The molecule has 28 heavy (non-hydrogen) atoms. The van der Waals surface area contributed by atoms with Crippen LogP contribution in [0.5, 0.6) is 0 Å². The highest BCUT2D eigenvalue weighted by molar-refractivity contribution is 7.98. The molecule has 0 spiro atoms. The predicted molar refractivity (Wildman–Crippen MR) is 111 cm³/mol. The molecule has 0 N–H and O–H groups in total. The van der Waals surface area contributed by atoms with Crippen molar-refractivity contribution in [2.45, 2.75) is 57.2 Å². The quantitative estimate of drug-likeness (QED) is 0.535. The van der Waals surface area contributed by atoms with Crippen molar-refractivity contribution in [3.05, 3.63) is 63.5 Å². The zero-order valence-electron chi connectivity index (χ0n) is 16.5. The maximum Gasteiger partial charge on any atom is 0.137 e. The summed E-state index contributed by atoms with van der Waals surface area (Å²) in [5.41, 5.74) is 8.60. The molecule has 0 amide bonds. The van der Waals surface area contributed by atoms with E-state index in [1.807, 2.05) is 13.8 Å². The number of aromatic nitrogens is 2. The van der Waals surface area contributed by atoms with Gasteiger partial charge in [0, 0.05) is 16.9 Å². The van der Waals surface area contributed by atoms with Gasteiger partial charge in [0.25, 0.3) is 0 Å². The van der Waals surface area contributed by atoms with E-state index < -0.39 is 0 Å². The van der Waals surface area contributed by atoms with E-state index in [0.29, 0.717) is 5.75 Å². The SMILES string of the molecule is Cc1ccc(-c2nc(SCc3c(C)noc3C)c(C#N)c3c2CCCC3)cc1. The molecule has 1 aromatic carbocycles. The molecule has 0 unspecified atom stereocenters. The Hall–Kier alpha value is -2.58. The van der Waals surface area contributed by atoms with Gasteiger partial charge >= 0.3 is 0 Å². The number of hydrogen-bond donors (Lipinski definition) is 0. The van der Waals surface area contributed by atoms with E-state index in [2.05, 4.69) is 42.4 Å². The average Bonchev–Trinajstić information content (AvgIpc) is 3.03. The summed E-state index contributed by atoms with van der Waals surface area (Å²) < 4.78 is 5.29. The number of aryl methyl sites for hydroxylation is 3. The van der Waals surface area contributed by atoms with Gasteiger partial charge in [-0.3, -0.25) is 0 Å². The maximum atomic E-state index is 9.90. The molecule has 0 fully saturated rings. The van der Waals surface area contributed by atoms with Crippen LogP contribution in [0.25, 0.3) is 11.3 Å². The fraction of sp³-hybridized carbons (Fsp3) is 0.348. The number of rotatable bonds is 4. The van der Waals surface area contributed by atoms with Crippen LogP contribution in [0.15, 0.2) is 33.8 Å². The summed E-state index contributed by atoms with van der Waals surface area (Å²) in [6.07, 6.45) is 4.24. The third kappa shape index (κ3) is 3.45. The van der Waals surface area contributed by atoms with Crippen LogP contribution in [0, 0.1) is 32.1 Å². The lowest BCUT2D eigenvalue weighted by Crippen LogP contribution is -2.10. The van der Waals surface area contributed by atoms with E-state index in [1.165, 1.54) is 16.7 Å². The summed E-state index contributed by atoms with van der Waals surface area (Å²) in [6.45, 7) is 5.98. The first-order valence-electron chi connectivity index (χ1n) is 9.66. The number of pyridine rings is 1. The Balaban J connectivity index is 1.80. The van der Waals surface area contributed by atoms with Crippen molar-refractivity contribution >= 4 is 11.8 Å². The van der Waals surface area contributed by atoms with Crippen molar-refractivity contribution in [1.82, 2.24) is 10.1 Å². The molecular weight excluding hydrogens is 366 g/mol. The standard InChI is InChI=1S/C23H23N3OS/c1-14-8-10-17(11-9-14)22-19-7-5-4-6-18(19)20(12-24)23(25-22)28-13-21-15(2)26-27-16(21)3/h8-11H,4-7,13H2,1-3H3. The van der Waals surface area contributed by atoms with E-state index in [1.54, 1.807) is 11.8 Å². The first-order chi connectivity index (χ1) is 13.6. The molecule has 4 rings (SSSR count). The molecule has 4 nitrogen and oxygen atoms in total. The number of nitrogens with zero attached hydrogens (tertiary/aromatic N) is 3. The predicted octanol–water partition coefficient (Wildman–Crippen LogP) is 5.70. The second-order valence-electron chi connectivity index (χ2n) is 7.37. The smallest absolute Gasteiger partial charge is 0.137 e. The van der Waals surface area contributed by atoms with Gasteiger partial charge in [-0.25, -0.2) is 4.98 Å². The molecule has 0 saturated heterocycles. The van der Waals surface area contributed by atoms with Crippen LogP contribution in [0.1, 0.15) is 52.1 Å². The molecule has 5 heteroatoms. The Bertz CT molecular complexity index is 1040. The van der Waals surface area contributed by atoms with Crippen molar-refractivity contribution in [3.8, 4) is 17.3 Å². The minimum Gasteiger partial charge on any atom is -0.361 e. The third-order valence-corrected chi connectivity index (χ3v) is 6.46. The Morgan fingerprint density at radius 3 is 2.43 bits per heavy atom. The minimum absolute atomic E-state index is 0.703. The summed E-state index contributed by atoms with van der Waals surface area (Å²) >= 11 is 1.61. The highest BCUT2D eigenvalue weighted by Gasteiger charge is 2.23. The van der Waals surface area contributed by atoms with E-state index in [9.17, 15) is 5.26 Å². The number of hydrogen-bond acceptors (Lipinski definition) is 5. The van der Waals surface area contributed by atoms with Gasteiger partial charge in [-0.15, -0.1) is 11.8 Å². The van der Waals surface area contributed by atoms with E-state index in [4.69, 9.17) is 9.51 Å². The van der Waals surface area contributed by atoms with Crippen molar-refractivity contribution in [1.29, 1.82) is 5.26 Å². The van der Waals surface area contributed by atoms with Crippen LogP contribution in [0.2, 0.25) is 0 Å². The highest BCUT2D eigenvalue weighted by atomic mass is 32.2. The van der Waals surface area contributed by atoms with Crippen LogP contribution < -0.4 is 0 Å². The van der Waals surface area contributed by atoms with Crippen LogP contribution in [0.3, 0.4) is 0 Å². The largest absolute Gasteiger partial charge is 0.361 e. The highest BCUT2D eigenvalue weighted by Crippen LogP contribution is 2.38. The van der Waals surface area contributed by atoms with Crippen LogP contribution in [-0.2, 0) is 18.6 Å². The molecule has 1 aliphatic rings. The molecule has 0 atom stereocenters.